The number of likely N-dealkylation sites (N-methyl/N-ethyl adjacent to an activating group) is 1. The van der Waals surface area contributed by atoms with Gasteiger partial charge in [-0.25, -0.2) is 0 Å². The van der Waals surface area contributed by atoms with Crippen molar-refractivity contribution in [1.29, 1.82) is 0 Å². The van der Waals surface area contributed by atoms with Crippen LogP contribution in [-0.4, -0.2) is 38.2 Å². The van der Waals surface area contributed by atoms with Gasteiger partial charge in [0.1, 0.15) is 5.75 Å². The van der Waals surface area contributed by atoms with Crippen molar-refractivity contribution in [2.45, 2.75) is 12.6 Å². The van der Waals surface area contributed by atoms with Crippen LogP contribution in [0.15, 0.2) is 36.4 Å². The number of hydrogen-bond donors (Lipinski definition) is 1. The topological polar surface area (TPSA) is 24.5 Å². The average molecular weight is 256 g/mol. The molecule has 0 unspecified atom stereocenters. The molecule has 3 nitrogen and oxygen atoms in total. The lowest BCUT2D eigenvalue weighted by molar-refractivity contribution is 0.173. The minimum absolute atomic E-state index is 0.667. The zero-order valence-corrected chi connectivity index (χ0v) is 11.5. The highest BCUT2D eigenvalue weighted by Gasteiger charge is 2.21. The number of fused-ring (bicyclic) bond motifs is 1. The van der Waals surface area contributed by atoms with Gasteiger partial charge in [-0.15, -0.1) is 0 Å². The molecule has 0 bridgehead atoms. The van der Waals surface area contributed by atoms with Crippen molar-refractivity contribution in [2.24, 2.45) is 0 Å². The van der Waals surface area contributed by atoms with Crippen molar-refractivity contribution in [2.75, 3.05) is 27.2 Å². The zero-order chi connectivity index (χ0) is 13.2. The molecule has 0 aliphatic carbocycles. The maximum absolute atomic E-state index is 5.44. The van der Waals surface area contributed by atoms with Gasteiger partial charge in [0.25, 0.3) is 0 Å². The number of methoxy groups -OCH3 is 1. The van der Waals surface area contributed by atoms with Gasteiger partial charge in [0.2, 0.25) is 0 Å². The molecule has 0 amide bonds. The van der Waals surface area contributed by atoms with Crippen LogP contribution in [-0.2, 0) is 6.54 Å². The molecule has 1 N–H and O–H groups in total. The first-order valence-corrected chi connectivity index (χ1v) is 6.75. The molecule has 1 aliphatic heterocycles. The largest absolute Gasteiger partial charge is 0.496 e. The third-order valence-corrected chi connectivity index (χ3v) is 4.00. The molecule has 0 radical (unpaired) electrons. The van der Waals surface area contributed by atoms with E-state index in [1.165, 1.54) is 16.3 Å². The van der Waals surface area contributed by atoms with E-state index in [1.807, 2.05) is 0 Å². The highest BCUT2D eigenvalue weighted by atomic mass is 16.5. The number of nitrogens with one attached hydrogen (secondary N) is 1. The summed E-state index contributed by atoms with van der Waals surface area (Å²) in [5, 5.41) is 5.81. The molecule has 2 aromatic rings. The molecule has 2 aromatic carbocycles. The third kappa shape index (κ3) is 2.31. The molecule has 1 saturated heterocycles. The zero-order valence-electron chi connectivity index (χ0n) is 11.5. The third-order valence-electron chi connectivity index (χ3n) is 4.00. The highest BCUT2D eigenvalue weighted by Crippen LogP contribution is 2.29. The molecule has 0 saturated carbocycles. The number of rotatable bonds is 4. The Kier molecular flexibility index (Phi) is 3.40. The lowest BCUT2D eigenvalue weighted by Gasteiger charge is -2.35. The predicted molar refractivity (Wildman–Crippen MR) is 78.6 cm³/mol. The van der Waals surface area contributed by atoms with Crippen LogP contribution in [0.25, 0.3) is 10.8 Å². The Bertz CT molecular complexity index is 578. The summed E-state index contributed by atoms with van der Waals surface area (Å²) in [6.45, 7) is 3.19. The molecular formula is C16H20N2O. The SMILES string of the molecule is COc1ccc(CN(C)C2CNC2)c2ccccc12. The van der Waals surface area contributed by atoms with Crippen molar-refractivity contribution in [3.63, 3.8) is 0 Å². The van der Waals surface area contributed by atoms with E-state index >= 15 is 0 Å². The van der Waals surface area contributed by atoms with Crippen molar-refractivity contribution in [3.05, 3.63) is 42.0 Å². The molecule has 3 heteroatoms. The molecule has 19 heavy (non-hydrogen) atoms. The highest BCUT2D eigenvalue weighted by molar-refractivity contribution is 5.91. The summed E-state index contributed by atoms with van der Waals surface area (Å²) < 4.78 is 5.44. The van der Waals surface area contributed by atoms with Crippen LogP contribution in [0.4, 0.5) is 0 Å². The van der Waals surface area contributed by atoms with Gasteiger partial charge in [-0.2, -0.15) is 0 Å². The summed E-state index contributed by atoms with van der Waals surface area (Å²) >= 11 is 0. The molecule has 1 aliphatic rings. The fraction of sp³-hybridized carbons (Fsp3) is 0.375. The number of benzene rings is 2. The lowest BCUT2D eigenvalue weighted by Crippen LogP contribution is -2.55. The summed E-state index contributed by atoms with van der Waals surface area (Å²) in [7, 11) is 3.93. The van der Waals surface area contributed by atoms with E-state index in [9.17, 15) is 0 Å². The van der Waals surface area contributed by atoms with E-state index in [4.69, 9.17) is 4.74 Å². The minimum atomic E-state index is 0.667. The summed E-state index contributed by atoms with van der Waals surface area (Å²) in [4.78, 5) is 2.42. The Hall–Kier alpha value is -1.58. The van der Waals surface area contributed by atoms with Gasteiger partial charge in [-0.05, 0) is 24.1 Å². The normalized spacial score (nSPS) is 15.7. The standard InChI is InChI=1S/C16H20N2O/c1-18(13-9-17-10-13)11-12-7-8-16(19-2)15-6-4-3-5-14(12)15/h3-8,13,17H,9-11H2,1-2H3. The maximum Gasteiger partial charge on any atom is 0.126 e. The van der Waals surface area contributed by atoms with E-state index in [0.29, 0.717) is 6.04 Å². The Morgan fingerprint density at radius 3 is 2.53 bits per heavy atom. The first kappa shape index (κ1) is 12.5. The molecule has 0 spiro atoms. The fourth-order valence-corrected chi connectivity index (χ4v) is 2.63. The van der Waals surface area contributed by atoms with Crippen molar-refractivity contribution in [1.82, 2.24) is 10.2 Å². The van der Waals surface area contributed by atoms with Gasteiger partial charge in [-0.3, -0.25) is 4.90 Å². The van der Waals surface area contributed by atoms with Crippen molar-refractivity contribution >= 4 is 10.8 Å². The molecular weight excluding hydrogens is 236 g/mol. The van der Waals surface area contributed by atoms with Gasteiger partial charge in [0.15, 0.2) is 0 Å². The Balaban J connectivity index is 1.94. The van der Waals surface area contributed by atoms with E-state index < -0.39 is 0 Å². The monoisotopic (exact) mass is 256 g/mol. The van der Waals surface area contributed by atoms with Crippen molar-refractivity contribution in [3.8, 4) is 5.75 Å². The number of nitrogens with zero attached hydrogens (tertiary/aromatic N) is 1. The van der Waals surface area contributed by atoms with E-state index in [1.54, 1.807) is 7.11 Å². The average Bonchev–Trinajstić information content (AvgIpc) is 2.37. The first-order chi connectivity index (χ1) is 9.29. The minimum Gasteiger partial charge on any atom is -0.496 e. The Morgan fingerprint density at radius 1 is 1.16 bits per heavy atom. The quantitative estimate of drug-likeness (QED) is 0.908. The maximum atomic E-state index is 5.44. The fourth-order valence-electron chi connectivity index (χ4n) is 2.63. The van der Waals surface area contributed by atoms with Crippen LogP contribution in [0.5, 0.6) is 5.75 Å². The number of ether oxygens (including phenoxy) is 1. The van der Waals surface area contributed by atoms with Crippen LogP contribution in [0.3, 0.4) is 0 Å². The van der Waals surface area contributed by atoms with Crippen LogP contribution in [0.1, 0.15) is 5.56 Å². The van der Waals surface area contributed by atoms with Crippen molar-refractivity contribution < 1.29 is 4.74 Å². The van der Waals surface area contributed by atoms with E-state index in [2.05, 4.69) is 53.7 Å². The number of hydrogen-bond acceptors (Lipinski definition) is 3. The summed E-state index contributed by atoms with van der Waals surface area (Å²) in [6.07, 6.45) is 0. The molecule has 1 heterocycles. The lowest BCUT2D eigenvalue weighted by atomic mass is 10.0. The Morgan fingerprint density at radius 2 is 1.89 bits per heavy atom. The summed E-state index contributed by atoms with van der Waals surface area (Å²) in [6, 6.07) is 13.4. The van der Waals surface area contributed by atoms with Gasteiger partial charge in [0, 0.05) is 31.1 Å². The smallest absolute Gasteiger partial charge is 0.126 e. The second-order valence-electron chi connectivity index (χ2n) is 5.20. The first-order valence-electron chi connectivity index (χ1n) is 6.75. The molecule has 100 valence electrons. The summed E-state index contributed by atoms with van der Waals surface area (Å²) in [5.41, 5.74) is 1.37. The Labute approximate surface area is 114 Å². The van der Waals surface area contributed by atoms with Crippen LogP contribution in [0, 0.1) is 0 Å². The van der Waals surface area contributed by atoms with Gasteiger partial charge in [0.05, 0.1) is 7.11 Å². The van der Waals surface area contributed by atoms with Crippen LogP contribution >= 0.6 is 0 Å². The molecule has 3 rings (SSSR count). The predicted octanol–water partition coefficient (Wildman–Crippen LogP) is 2.25. The van der Waals surface area contributed by atoms with Gasteiger partial charge < -0.3 is 10.1 Å². The van der Waals surface area contributed by atoms with Gasteiger partial charge in [-0.1, -0.05) is 30.3 Å². The molecule has 0 aromatic heterocycles. The summed E-state index contributed by atoms with van der Waals surface area (Å²) in [5.74, 6) is 0.951. The molecule has 0 atom stereocenters. The molecule has 1 fully saturated rings. The van der Waals surface area contributed by atoms with Crippen LogP contribution < -0.4 is 10.1 Å². The van der Waals surface area contributed by atoms with Crippen LogP contribution in [0.2, 0.25) is 0 Å². The van der Waals surface area contributed by atoms with Gasteiger partial charge >= 0.3 is 0 Å². The second-order valence-corrected chi connectivity index (χ2v) is 5.20. The van der Waals surface area contributed by atoms with E-state index in [-0.39, 0.29) is 0 Å². The van der Waals surface area contributed by atoms with E-state index in [0.717, 1.165) is 25.4 Å². The second kappa shape index (κ2) is 5.19.